The van der Waals surface area contributed by atoms with E-state index in [1.165, 1.54) is 12.1 Å². The van der Waals surface area contributed by atoms with Crippen LogP contribution in [0, 0.1) is 19.7 Å². The average Bonchev–Trinajstić information content (AvgIpc) is 3.14. The molecule has 0 radical (unpaired) electrons. The molecule has 2 heterocycles. The van der Waals surface area contributed by atoms with E-state index in [1.807, 2.05) is 49.8 Å². The summed E-state index contributed by atoms with van der Waals surface area (Å²) < 4.78 is 15.3. The van der Waals surface area contributed by atoms with Crippen molar-refractivity contribution in [2.24, 2.45) is 0 Å². The van der Waals surface area contributed by atoms with Gasteiger partial charge in [0.05, 0.1) is 11.9 Å². The molecule has 2 aromatic carbocycles. The first-order valence-electron chi connectivity index (χ1n) is 9.93. The van der Waals surface area contributed by atoms with E-state index in [9.17, 15) is 4.39 Å². The van der Waals surface area contributed by atoms with Gasteiger partial charge in [0.15, 0.2) is 5.82 Å². The van der Waals surface area contributed by atoms with Crippen molar-refractivity contribution in [1.82, 2.24) is 25.1 Å². The van der Waals surface area contributed by atoms with E-state index in [0.29, 0.717) is 12.2 Å². The summed E-state index contributed by atoms with van der Waals surface area (Å²) in [6.45, 7) is 6.77. The largest absolute Gasteiger partial charge is 0.306 e. The molecule has 0 saturated heterocycles. The maximum absolute atomic E-state index is 13.6. The Morgan fingerprint density at radius 3 is 2.50 bits per heavy atom. The van der Waals surface area contributed by atoms with Gasteiger partial charge in [-0.25, -0.2) is 19.0 Å². The lowest BCUT2D eigenvalue weighted by Gasteiger charge is -2.14. The predicted molar refractivity (Wildman–Crippen MR) is 116 cm³/mol. The molecule has 0 fully saturated rings. The van der Waals surface area contributed by atoms with Crippen molar-refractivity contribution in [2.75, 3.05) is 0 Å². The van der Waals surface area contributed by atoms with Crippen LogP contribution in [0.15, 0.2) is 67.1 Å². The Balaban J connectivity index is 1.44. The predicted octanol–water partition coefficient (Wildman–Crippen LogP) is 4.94. The van der Waals surface area contributed by atoms with Crippen LogP contribution in [0.25, 0.3) is 17.1 Å². The maximum Gasteiger partial charge on any atom is 0.159 e. The van der Waals surface area contributed by atoms with Gasteiger partial charge in [-0.05, 0) is 44.5 Å². The van der Waals surface area contributed by atoms with Crippen molar-refractivity contribution in [1.29, 1.82) is 0 Å². The molecule has 0 unspecified atom stereocenters. The van der Waals surface area contributed by atoms with Crippen molar-refractivity contribution < 1.29 is 4.39 Å². The van der Waals surface area contributed by atoms with E-state index in [0.717, 1.165) is 33.8 Å². The smallest absolute Gasteiger partial charge is 0.159 e. The Morgan fingerprint density at radius 1 is 1.00 bits per heavy atom. The zero-order valence-corrected chi connectivity index (χ0v) is 17.3. The highest BCUT2D eigenvalue weighted by molar-refractivity contribution is 5.59. The lowest BCUT2D eigenvalue weighted by molar-refractivity contribution is 0.570. The van der Waals surface area contributed by atoms with E-state index < -0.39 is 0 Å². The molecule has 4 rings (SSSR count). The van der Waals surface area contributed by atoms with Crippen molar-refractivity contribution in [3.63, 3.8) is 0 Å². The van der Waals surface area contributed by atoms with Crippen LogP contribution in [0.5, 0.6) is 0 Å². The quantitative estimate of drug-likeness (QED) is 0.497. The van der Waals surface area contributed by atoms with Crippen LogP contribution in [-0.2, 0) is 6.54 Å². The van der Waals surface area contributed by atoms with Crippen LogP contribution in [0.4, 0.5) is 4.39 Å². The van der Waals surface area contributed by atoms with Crippen LogP contribution in [0.1, 0.15) is 35.3 Å². The van der Waals surface area contributed by atoms with Gasteiger partial charge < -0.3 is 5.32 Å². The van der Waals surface area contributed by atoms with E-state index >= 15 is 0 Å². The summed E-state index contributed by atoms with van der Waals surface area (Å²) in [4.78, 5) is 9.05. The average molecular weight is 401 g/mol. The van der Waals surface area contributed by atoms with Gasteiger partial charge >= 0.3 is 0 Å². The lowest BCUT2D eigenvalue weighted by atomic mass is 10.1. The number of hydrogen-bond acceptors (Lipinski definition) is 4. The van der Waals surface area contributed by atoms with Gasteiger partial charge in [-0.3, -0.25) is 0 Å². The minimum atomic E-state index is -0.274. The third-order valence-electron chi connectivity index (χ3n) is 5.27. The van der Waals surface area contributed by atoms with E-state index in [-0.39, 0.29) is 11.9 Å². The molecule has 0 aliphatic carbocycles. The normalized spacial score (nSPS) is 12.1. The van der Waals surface area contributed by atoms with E-state index in [2.05, 4.69) is 40.3 Å². The number of aryl methyl sites for hydroxylation is 1. The molecule has 0 saturated carbocycles. The number of hydrogen-bond donors (Lipinski definition) is 1. The van der Waals surface area contributed by atoms with Crippen molar-refractivity contribution >= 4 is 0 Å². The van der Waals surface area contributed by atoms with Crippen molar-refractivity contribution in [3.8, 4) is 17.1 Å². The first-order valence-corrected chi connectivity index (χ1v) is 9.93. The summed E-state index contributed by atoms with van der Waals surface area (Å²) >= 11 is 0. The molecule has 6 heteroatoms. The fraction of sp³-hybridized carbons (Fsp3) is 0.208. The molecule has 5 nitrogen and oxygen atoms in total. The van der Waals surface area contributed by atoms with Crippen LogP contribution < -0.4 is 5.32 Å². The van der Waals surface area contributed by atoms with Crippen LogP contribution in [0.3, 0.4) is 0 Å². The maximum atomic E-state index is 13.6. The van der Waals surface area contributed by atoms with Gasteiger partial charge in [-0.1, -0.05) is 30.3 Å². The highest BCUT2D eigenvalue weighted by Crippen LogP contribution is 2.22. The second-order valence-corrected chi connectivity index (χ2v) is 7.41. The van der Waals surface area contributed by atoms with Gasteiger partial charge in [0, 0.05) is 47.4 Å². The Labute approximate surface area is 175 Å². The van der Waals surface area contributed by atoms with Crippen LogP contribution in [-0.4, -0.2) is 19.7 Å². The minimum absolute atomic E-state index is 0.0725. The Kier molecular flexibility index (Phi) is 5.68. The molecule has 0 bridgehead atoms. The topological polar surface area (TPSA) is 55.6 Å². The Bertz CT molecular complexity index is 1150. The monoisotopic (exact) mass is 401 g/mol. The number of halogens is 1. The molecular formula is C24H24FN5. The third kappa shape index (κ3) is 4.14. The van der Waals surface area contributed by atoms with Gasteiger partial charge in [0.1, 0.15) is 5.82 Å². The minimum Gasteiger partial charge on any atom is -0.306 e. The molecule has 152 valence electrons. The third-order valence-corrected chi connectivity index (χ3v) is 5.27. The zero-order chi connectivity index (χ0) is 21.1. The molecule has 1 N–H and O–H groups in total. The molecule has 0 spiro atoms. The number of aromatic nitrogens is 4. The summed E-state index contributed by atoms with van der Waals surface area (Å²) in [5.41, 5.74) is 5.97. The van der Waals surface area contributed by atoms with Crippen LogP contribution >= 0.6 is 0 Å². The fourth-order valence-electron chi connectivity index (χ4n) is 3.51. The molecule has 1 atom stereocenters. The molecule has 4 aromatic rings. The molecule has 30 heavy (non-hydrogen) atoms. The fourth-order valence-corrected chi connectivity index (χ4v) is 3.51. The summed E-state index contributed by atoms with van der Waals surface area (Å²) in [5, 5.41) is 7.94. The number of benzene rings is 2. The zero-order valence-electron chi connectivity index (χ0n) is 17.3. The first kappa shape index (κ1) is 19.9. The summed E-state index contributed by atoms with van der Waals surface area (Å²) in [7, 11) is 0. The second-order valence-electron chi connectivity index (χ2n) is 7.41. The number of rotatable bonds is 6. The molecule has 0 amide bonds. The van der Waals surface area contributed by atoms with Crippen LogP contribution in [0.2, 0.25) is 0 Å². The highest BCUT2D eigenvalue weighted by atomic mass is 19.1. The van der Waals surface area contributed by atoms with Gasteiger partial charge in [0.2, 0.25) is 0 Å². The second kappa shape index (κ2) is 8.55. The summed E-state index contributed by atoms with van der Waals surface area (Å²) in [6.07, 6.45) is 5.55. The first-order chi connectivity index (χ1) is 14.5. The molecule has 0 aliphatic rings. The number of nitrogens with one attached hydrogen (secondary N) is 1. The standard InChI is InChI=1S/C24H24FN5/c1-16-7-4-5-10-22(16)24-27-13-19(14-28-24)12-26-17(2)23-15-29-30(18(23)3)21-9-6-8-20(25)11-21/h4-11,13-15,17,26H,12H2,1-3H3/t17-/m0/s1. The summed E-state index contributed by atoms with van der Waals surface area (Å²) in [5.74, 6) is 0.460. The van der Waals surface area contributed by atoms with Gasteiger partial charge in [-0.2, -0.15) is 5.10 Å². The molecule has 0 aliphatic heterocycles. The Hall–Kier alpha value is -3.38. The van der Waals surface area contributed by atoms with Gasteiger partial charge in [-0.15, -0.1) is 0 Å². The lowest BCUT2D eigenvalue weighted by Crippen LogP contribution is -2.19. The van der Waals surface area contributed by atoms with E-state index in [1.54, 1.807) is 10.7 Å². The Morgan fingerprint density at radius 2 is 1.77 bits per heavy atom. The number of nitrogens with zero attached hydrogens (tertiary/aromatic N) is 4. The molecular weight excluding hydrogens is 377 g/mol. The van der Waals surface area contributed by atoms with E-state index in [4.69, 9.17) is 0 Å². The van der Waals surface area contributed by atoms with Gasteiger partial charge in [0.25, 0.3) is 0 Å². The summed E-state index contributed by atoms with van der Waals surface area (Å²) in [6, 6.07) is 14.6. The molecule has 2 aromatic heterocycles. The van der Waals surface area contributed by atoms with Crippen molar-refractivity contribution in [3.05, 3.63) is 95.3 Å². The van der Waals surface area contributed by atoms with Crippen molar-refractivity contribution in [2.45, 2.75) is 33.4 Å². The highest BCUT2D eigenvalue weighted by Gasteiger charge is 2.14. The SMILES string of the molecule is Cc1ccccc1-c1ncc(CN[C@@H](C)c2cnn(-c3cccc(F)c3)c2C)cn1.